The zero-order chi connectivity index (χ0) is 26.2. The van der Waals surface area contributed by atoms with Crippen molar-refractivity contribution in [3.8, 4) is 11.1 Å². The zero-order valence-electron chi connectivity index (χ0n) is 18.0. The van der Waals surface area contributed by atoms with Gasteiger partial charge in [0, 0.05) is 35.0 Å². The molecular formula is C23H15F6N5O2. The van der Waals surface area contributed by atoms with Crippen LogP contribution in [0.2, 0.25) is 0 Å². The zero-order valence-corrected chi connectivity index (χ0v) is 18.0. The van der Waals surface area contributed by atoms with Gasteiger partial charge in [0.25, 0.3) is 5.56 Å². The van der Waals surface area contributed by atoms with Crippen molar-refractivity contribution in [2.75, 3.05) is 16.4 Å². The third kappa shape index (κ3) is 5.24. The molecule has 2 aromatic carbocycles. The molecule has 0 radical (unpaired) electrons. The number of hydrogen-bond donors (Lipinski definition) is 3. The summed E-state index contributed by atoms with van der Waals surface area (Å²) < 4.78 is 82.5. The number of benzene rings is 2. The Morgan fingerprint density at radius 3 is 2.42 bits per heavy atom. The van der Waals surface area contributed by atoms with Gasteiger partial charge in [0.2, 0.25) is 0 Å². The van der Waals surface area contributed by atoms with Crippen molar-refractivity contribution < 1.29 is 31.1 Å². The number of amides is 2. The smallest absolute Gasteiger partial charge is 0.384 e. The number of rotatable bonds is 4. The van der Waals surface area contributed by atoms with E-state index >= 15 is 0 Å². The van der Waals surface area contributed by atoms with Crippen LogP contribution in [0.15, 0.2) is 59.5 Å². The molecule has 0 atom stereocenters. The number of nitrogens with one attached hydrogen (secondary N) is 2. The summed E-state index contributed by atoms with van der Waals surface area (Å²) in [6.45, 7) is -1.70. The van der Waals surface area contributed by atoms with Crippen molar-refractivity contribution in [2.45, 2.75) is 12.7 Å². The summed E-state index contributed by atoms with van der Waals surface area (Å²) in [7, 11) is 0. The number of carbonyl (C=O) groups is 1. The van der Waals surface area contributed by atoms with E-state index in [9.17, 15) is 35.9 Å². The van der Waals surface area contributed by atoms with E-state index in [1.54, 1.807) is 0 Å². The van der Waals surface area contributed by atoms with Crippen LogP contribution in [-0.4, -0.2) is 21.8 Å². The van der Waals surface area contributed by atoms with Gasteiger partial charge >= 0.3 is 12.2 Å². The van der Waals surface area contributed by atoms with Crippen LogP contribution < -0.4 is 21.9 Å². The number of nitrogen functional groups attached to an aromatic ring is 1. The fourth-order valence-electron chi connectivity index (χ4n) is 3.52. The molecule has 2 heterocycles. The molecule has 0 saturated heterocycles. The van der Waals surface area contributed by atoms with Gasteiger partial charge in [0.1, 0.15) is 29.8 Å². The van der Waals surface area contributed by atoms with E-state index in [0.29, 0.717) is 10.6 Å². The van der Waals surface area contributed by atoms with Gasteiger partial charge in [-0.25, -0.2) is 22.9 Å². The van der Waals surface area contributed by atoms with E-state index in [2.05, 4.69) is 15.6 Å². The lowest BCUT2D eigenvalue weighted by Gasteiger charge is -2.16. The Morgan fingerprint density at radius 1 is 0.972 bits per heavy atom. The lowest BCUT2D eigenvalue weighted by molar-refractivity contribution is -0.140. The van der Waals surface area contributed by atoms with Crippen molar-refractivity contribution in [3.05, 3.63) is 82.5 Å². The quantitative estimate of drug-likeness (QED) is 0.328. The largest absolute Gasteiger partial charge is 0.406 e. The van der Waals surface area contributed by atoms with Gasteiger partial charge in [-0.1, -0.05) is 6.07 Å². The summed E-state index contributed by atoms with van der Waals surface area (Å²) in [5, 5.41) is 4.38. The molecule has 0 saturated carbocycles. The number of nitrogens with two attached hydrogens (primary N) is 1. The van der Waals surface area contributed by atoms with Crippen LogP contribution in [0.1, 0.15) is 0 Å². The molecule has 0 aliphatic carbocycles. The molecule has 0 aliphatic rings. The fourth-order valence-corrected chi connectivity index (χ4v) is 3.52. The maximum Gasteiger partial charge on any atom is 0.406 e. The highest BCUT2D eigenvalue weighted by atomic mass is 19.4. The van der Waals surface area contributed by atoms with Gasteiger partial charge in [0.05, 0.1) is 16.8 Å². The minimum atomic E-state index is -4.81. The summed E-state index contributed by atoms with van der Waals surface area (Å²) in [5.41, 5.74) is 2.47. The number of urea groups is 1. The molecule has 0 bridgehead atoms. The molecule has 7 nitrogen and oxygen atoms in total. The molecule has 186 valence electrons. The Balaban J connectivity index is 1.79. The topological polar surface area (TPSA) is 102 Å². The van der Waals surface area contributed by atoms with Crippen LogP contribution in [0.4, 0.5) is 48.3 Å². The lowest BCUT2D eigenvalue weighted by Crippen LogP contribution is -2.29. The van der Waals surface area contributed by atoms with Crippen molar-refractivity contribution in [2.24, 2.45) is 0 Å². The SMILES string of the molecule is Nc1cc2c(cn1)cc(-c1cc(NC(=O)Nc3cccc(F)c3)c(F)cc1F)c(=O)n2CC(F)(F)F. The van der Waals surface area contributed by atoms with Gasteiger partial charge in [-0.15, -0.1) is 0 Å². The Labute approximate surface area is 198 Å². The third-order valence-electron chi connectivity index (χ3n) is 5.01. The Kier molecular flexibility index (Phi) is 6.31. The highest BCUT2D eigenvalue weighted by Crippen LogP contribution is 2.30. The molecule has 4 aromatic rings. The van der Waals surface area contributed by atoms with Crippen LogP contribution in [0.25, 0.3) is 22.0 Å². The van der Waals surface area contributed by atoms with Crippen molar-refractivity contribution >= 4 is 34.1 Å². The summed E-state index contributed by atoms with van der Waals surface area (Å²) in [6, 6.07) is 7.06. The van der Waals surface area contributed by atoms with Gasteiger partial charge in [-0.3, -0.25) is 9.36 Å². The second-order valence-corrected chi connectivity index (χ2v) is 7.63. The van der Waals surface area contributed by atoms with E-state index < -0.39 is 58.6 Å². The number of halogens is 6. The van der Waals surface area contributed by atoms with Crippen LogP contribution in [0.5, 0.6) is 0 Å². The van der Waals surface area contributed by atoms with E-state index in [1.807, 2.05) is 0 Å². The summed E-state index contributed by atoms with van der Waals surface area (Å²) in [4.78, 5) is 29.1. The van der Waals surface area contributed by atoms with Gasteiger partial charge < -0.3 is 16.4 Å². The summed E-state index contributed by atoms with van der Waals surface area (Å²) >= 11 is 0. The van der Waals surface area contributed by atoms with Crippen LogP contribution in [-0.2, 0) is 6.54 Å². The number of carbonyl (C=O) groups excluding carboxylic acids is 1. The van der Waals surface area contributed by atoms with Gasteiger partial charge in [-0.05, 0) is 30.3 Å². The number of aromatic nitrogens is 2. The minimum absolute atomic E-state index is 0.0325. The standard InChI is InChI=1S/C23H15F6N5O2/c24-12-2-1-3-13(5-12)32-22(36)33-18-6-14(16(25)7-17(18)26)15-4-11-9-31-20(30)8-19(11)34(21(15)35)10-23(27,28)29/h1-9H,10H2,(H2,30,31)(H2,32,33,36). The van der Waals surface area contributed by atoms with E-state index in [-0.39, 0.29) is 22.4 Å². The second kappa shape index (κ2) is 9.24. The molecule has 13 heteroatoms. The number of pyridine rings is 2. The Bertz CT molecular complexity index is 1550. The second-order valence-electron chi connectivity index (χ2n) is 7.63. The first-order chi connectivity index (χ1) is 16.9. The number of hydrogen-bond acceptors (Lipinski definition) is 4. The molecule has 4 rings (SSSR count). The fraction of sp³-hybridized carbons (Fsp3) is 0.0870. The molecular weight excluding hydrogens is 492 g/mol. The third-order valence-corrected chi connectivity index (χ3v) is 5.01. The number of nitrogens with zero attached hydrogens (tertiary/aromatic N) is 2. The van der Waals surface area contributed by atoms with Crippen molar-refractivity contribution in [1.29, 1.82) is 0 Å². The minimum Gasteiger partial charge on any atom is -0.384 e. The predicted octanol–water partition coefficient (Wildman–Crippen LogP) is 5.27. The van der Waals surface area contributed by atoms with E-state index in [4.69, 9.17) is 5.73 Å². The first-order valence-corrected chi connectivity index (χ1v) is 10.1. The molecule has 0 spiro atoms. The number of fused-ring (bicyclic) bond motifs is 1. The van der Waals surface area contributed by atoms with Crippen LogP contribution >= 0.6 is 0 Å². The first-order valence-electron chi connectivity index (χ1n) is 10.1. The monoisotopic (exact) mass is 507 g/mol. The van der Waals surface area contributed by atoms with Crippen LogP contribution in [0.3, 0.4) is 0 Å². The Morgan fingerprint density at radius 2 is 1.72 bits per heavy atom. The normalized spacial score (nSPS) is 11.5. The molecule has 0 fully saturated rings. The van der Waals surface area contributed by atoms with Crippen molar-refractivity contribution in [1.82, 2.24) is 9.55 Å². The summed E-state index contributed by atoms with van der Waals surface area (Å²) in [5.74, 6) is -3.28. The number of alkyl halides is 3. The predicted molar refractivity (Wildman–Crippen MR) is 121 cm³/mol. The lowest BCUT2D eigenvalue weighted by atomic mass is 10.0. The maximum absolute atomic E-state index is 14.7. The van der Waals surface area contributed by atoms with E-state index in [1.165, 1.54) is 12.1 Å². The Hall–Kier alpha value is -4.55. The average molecular weight is 507 g/mol. The highest BCUT2D eigenvalue weighted by Gasteiger charge is 2.30. The van der Waals surface area contributed by atoms with Gasteiger partial charge in [0.15, 0.2) is 0 Å². The molecule has 4 N–H and O–H groups in total. The highest BCUT2D eigenvalue weighted by molar-refractivity contribution is 6.00. The average Bonchev–Trinajstić information content (AvgIpc) is 2.77. The molecule has 2 amide bonds. The van der Waals surface area contributed by atoms with Gasteiger partial charge in [-0.2, -0.15) is 13.2 Å². The number of anilines is 3. The molecule has 36 heavy (non-hydrogen) atoms. The van der Waals surface area contributed by atoms with Crippen LogP contribution in [0, 0.1) is 17.5 Å². The van der Waals surface area contributed by atoms with Crippen molar-refractivity contribution in [3.63, 3.8) is 0 Å². The first kappa shape index (κ1) is 24.6. The summed E-state index contributed by atoms with van der Waals surface area (Å²) in [6.07, 6.45) is -3.70. The molecule has 0 unspecified atom stereocenters. The molecule has 0 aliphatic heterocycles. The molecule has 2 aromatic heterocycles. The maximum atomic E-state index is 14.7. The van der Waals surface area contributed by atoms with E-state index in [0.717, 1.165) is 36.5 Å².